The van der Waals surface area contributed by atoms with Crippen LogP contribution in [0.1, 0.15) is 13.3 Å². The van der Waals surface area contributed by atoms with Crippen LogP contribution < -0.4 is 29.7 Å². The van der Waals surface area contributed by atoms with Gasteiger partial charge in [0.2, 0.25) is 0 Å². The van der Waals surface area contributed by atoms with Crippen LogP contribution in [0.5, 0.6) is 0 Å². The van der Waals surface area contributed by atoms with Crippen molar-refractivity contribution in [2.24, 2.45) is 5.73 Å². The zero-order valence-corrected chi connectivity index (χ0v) is 10.7. The Morgan fingerprint density at radius 2 is 2.21 bits per heavy atom. The fourth-order valence-corrected chi connectivity index (χ4v) is 1.93. The number of fused-ring (bicyclic) bond motifs is 1. The van der Waals surface area contributed by atoms with Gasteiger partial charge in [-0.2, -0.15) is 0 Å². The van der Waals surface area contributed by atoms with E-state index in [1.807, 2.05) is 6.08 Å². The van der Waals surface area contributed by atoms with Crippen molar-refractivity contribution in [1.29, 1.82) is 0 Å². The number of halogens is 1. The van der Waals surface area contributed by atoms with E-state index < -0.39 is 0 Å². The molecule has 2 nitrogen and oxygen atoms in total. The van der Waals surface area contributed by atoms with E-state index in [-0.39, 0.29) is 24.0 Å². The minimum Gasteiger partial charge on any atom is -1.00 e. The van der Waals surface area contributed by atoms with Crippen LogP contribution in [0.25, 0.3) is 0 Å². The third-order valence-corrected chi connectivity index (χ3v) is 2.85. The van der Waals surface area contributed by atoms with Gasteiger partial charge in [0.25, 0.3) is 0 Å². The molecule has 2 rings (SSSR count). The fraction of sp³-hybridized carbons (Fsp3) is 0.364. The van der Waals surface area contributed by atoms with Gasteiger partial charge in [-0.25, -0.2) is 4.58 Å². The maximum atomic E-state index is 5.95. The molecule has 0 bridgehead atoms. The normalized spacial score (nSPS) is 24.9. The Hall–Kier alpha value is -0.580. The maximum absolute atomic E-state index is 5.95. The SMILES string of the molecule is CC1=[N+](C)C2CC=CC=C2C(N)=C1.[I-]. The van der Waals surface area contributed by atoms with E-state index in [1.54, 1.807) is 0 Å². The van der Waals surface area contributed by atoms with E-state index in [2.05, 4.69) is 36.8 Å². The number of likely N-dealkylation sites (N-methyl/N-ethyl adjacent to an activating group) is 1. The number of allylic oxidation sites excluding steroid dienone is 3. The van der Waals surface area contributed by atoms with Crippen molar-refractivity contribution in [3.05, 3.63) is 35.6 Å². The summed E-state index contributed by atoms with van der Waals surface area (Å²) in [7, 11) is 2.12. The molecule has 1 aliphatic carbocycles. The van der Waals surface area contributed by atoms with Gasteiger partial charge in [0, 0.05) is 30.7 Å². The van der Waals surface area contributed by atoms with Gasteiger partial charge in [0.1, 0.15) is 7.05 Å². The molecule has 1 unspecified atom stereocenters. The smallest absolute Gasteiger partial charge is 0.183 e. The molecule has 0 spiro atoms. The van der Waals surface area contributed by atoms with Crippen LogP contribution in [-0.4, -0.2) is 23.4 Å². The van der Waals surface area contributed by atoms with Gasteiger partial charge in [-0.3, -0.25) is 0 Å². The molecule has 1 atom stereocenters. The quantitative estimate of drug-likeness (QED) is 0.415. The van der Waals surface area contributed by atoms with Gasteiger partial charge >= 0.3 is 0 Å². The Bertz CT molecular complexity index is 361. The third kappa shape index (κ3) is 1.78. The average Bonchev–Trinajstić information content (AvgIpc) is 2.15. The number of nitrogens with two attached hydrogens (primary N) is 1. The Balaban J connectivity index is 0.000000980. The van der Waals surface area contributed by atoms with Crippen LogP contribution in [0.2, 0.25) is 0 Å². The molecule has 1 heterocycles. The lowest BCUT2D eigenvalue weighted by molar-refractivity contribution is -0.528. The van der Waals surface area contributed by atoms with Crippen LogP contribution in [0, 0.1) is 0 Å². The van der Waals surface area contributed by atoms with E-state index in [4.69, 9.17) is 5.73 Å². The van der Waals surface area contributed by atoms with Crippen molar-refractivity contribution in [3.8, 4) is 0 Å². The summed E-state index contributed by atoms with van der Waals surface area (Å²) >= 11 is 0. The summed E-state index contributed by atoms with van der Waals surface area (Å²) in [5, 5.41) is 0. The van der Waals surface area contributed by atoms with E-state index in [0.29, 0.717) is 6.04 Å². The predicted molar refractivity (Wildman–Crippen MR) is 54.8 cm³/mol. The highest BCUT2D eigenvalue weighted by Crippen LogP contribution is 2.23. The molecule has 76 valence electrons. The number of nitrogens with zero attached hydrogens (tertiary/aromatic N) is 1. The first kappa shape index (κ1) is 11.5. The van der Waals surface area contributed by atoms with Crippen molar-refractivity contribution in [1.82, 2.24) is 0 Å². The lowest BCUT2D eigenvalue weighted by atomic mass is 9.92. The van der Waals surface area contributed by atoms with Crippen molar-refractivity contribution in [3.63, 3.8) is 0 Å². The largest absolute Gasteiger partial charge is 1.00 e. The highest BCUT2D eigenvalue weighted by molar-refractivity contribution is 5.90. The van der Waals surface area contributed by atoms with Gasteiger partial charge in [-0.15, -0.1) is 0 Å². The average molecular weight is 302 g/mol. The van der Waals surface area contributed by atoms with Crippen LogP contribution in [0.3, 0.4) is 0 Å². The Kier molecular flexibility index (Phi) is 3.53. The molecule has 0 aromatic carbocycles. The summed E-state index contributed by atoms with van der Waals surface area (Å²) in [5.41, 5.74) is 9.38. The van der Waals surface area contributed by atoms with Crippen LogP contribution in [0.15, 0.2) is 35.6 Å². The Labute approximate surface area is 102 Å². The van der Waals surface area contributed by atoms with Crippen molar-refractivity contribution in [2.45, 2.75) is 19.4 Å². The summed E-state index contributed by atoms with van der Waals surface area (Å²) in [4.78, 5) is 0. The van der Waals surface area contributed by atoms with E-state index in [1.165, 1.54) is 11.3 Å². The summed E-state index contributed by atoms with van der Waals surface area (Å²) in [6.07, 6.45) is 9.50. The molecular formula is C11H15IN2. The molecule has 0 amide bonds. The summed E-state index contributed by atoms with van der Waals surface area (Å²) in [6, 6.07) is 0.454. The lowest BCUT2D eigenvalue weighted by Gasteiger charge is -2.22. The lowest BCUT2D eigenvalue weighted by Crippen LogP contribution is -3.00. The second-order valence-corrected chi connectivity index (χ2v) is 3.65. The topological polar surface area (TPSA) is 29.0 Å². The minimum absolute atomic E-state index is 0. The molecule has 0 radical (unpaired) electrons. The van der Waals surface area contributed by atoms with E-state index in [9.17, 15) is 0 Å². The first-order chi connectivity index (χ1) is 6.20. The molecule has 14 heavy (non-hydrogen) atoms. The zero-order valence-electron chi connectivity index (χ0n) is 8.50. The summed E-state index contributed by atoms with van der Waals surface area (Å²) < 4.78 is 2.28. The molecule has 2 N–H and O–H groups in total. The number of hydrogen-bond donors (Lipinski definition) is 1. The monoisotopic (exact) mass is 302 g/mol. The molecular weight excluding hydrogens is 287 g/mol. The van der Waals surface area contributed by atoms with Crippen LogP contribution >= 0.6 is 0 Å². The van der Waals surface area contributed by atoms with Crippen molar-refractivity contribution < 1.29 is 28.6 Å². The van der Waals surface area contributed by atoms with Gasteiger partial charge in [-0.05, 0) is 0 Å². The first-order valence-corrected chi connectivity index (χ1v) is 4.61. The van der Waals surface area contributed by atoms with E-state index >= 15 is 0 Å². The van der Waals surface area contributed by atoms with Gasteiger partial charge < -0.3 is 29.7 Å². The predicted octanol–water partition coefficient (Wildman–Crippen LogP) is -1.80. The maximum Gasteiger partial charge on any atom is 0.183 e. The molecule has 0 aromatic heterocycles. The second-order valence-electron chi connectivity index (χ2n) is 3.65. The third-order valence-electron chi connectivity index (χ3n) is 2.85. The first-order valence-electron chi connectivity index (χ1n) is 4.61. The Morgan fingerprint density at radius 1 is 1.50 bits per heavy atom. The highest BCUT2D eigenvalue weighted by atomic mass is 127. The number of hydrogen-bond acceptors (Lipinski definition) is 1. The summed E-state index contributed by atoms with van der Waals surface area (Å²) in [5.74, 6) is 0. The van der Waals surface area contributed by atoms with Crippen molar-refractivity contribution >= 4 is 5.71 Å². The molecule has 2 aliphatic rings. The fourth-order valence-electron chi connectivity index (χ4n) is 1.93. The van der Waals surface area contributed by atoms with Crippen LogP contribution in [-0.2, 0) is 0 Å². The molecule has 0 saturated carbocycles. The highest BCUT2D eigenvalue weighted by Gasteiger charge is 2.29. The summed E-state index contributed by atoms with van der Waals surface area (Å²) in [6.45, 7) is 2.10. The zero-order chi connectivity index (χ0) is 9.42. The number of rotatable bonds is 0. The van der Waals surface area contributed by atoms with Gasteiger partial charge in [0.15, 0.2) is 11.8 Å². The van der Waals surface area contributed by atoms with Gasteiger partial charge in [-0.1, -0.05) is 18.2 Å². The molecule has 0 saturated heterocycles. The molecule has 3 heteroatoms. The van der Waals surface area contributed by atoms with E-state index in [0.717, 1.165) is 12.1 Å². The Morgan fingerprint density at radius 3 is 2.93 bits per heavy atom. The standard InChI is InChI=1S/C11H14N2.HI/c1-8-7-10(12)9-5-3-4-6-11(9)13(8)2;/h3-5,7,11-12H,6H2,1-2H3;1H. The second kappa shape index (κ2) is 4.29. The molecule has 0 fully saturated rings. The van der Waals surface area contributed by atoms with Gasteiger partial charge in [0.05, 0.1) is 0 Å². The van der Waals surface area contributed by atoms with Crippen LogP contribution in [0.4, 0.5) is 0 Å². The molecule has 1 aliphatic heterocycles. The van der Waals surface area contributed by atoms with Crippen molar-refractivity contribution in [2.75, 3.05) is 7.05 Å². The minimum atomic E-state index is 0. The molecule has 0 aromatic rings.